The molecule has 4 rings (SSSR count). The highest BCUT2D eigenvalue weighted by Gasteiger charge is 2.17. The Bertz CT molecular complexity index is 1180. The monoisotopic (exact) mass is 446 g/mol. The van der Waals surface area contributed by atoms with E-state index in [-0.39, 0.29) is 11.9 Å². The summed E-state index contributed by atoms with van der Waals surface area (Å²) in [5.41, 5.74) is 7.13. The van der Waals surface area contributed by atoms with Crippen LogP contribution in [-0.4, -0.2) is 32.0 Å². The number of benzene rings is 1. The zero-order chi connectivity index (χ0) is 20.4. The van der Waals surface area contributed by atoms with Crippen LogP contribution in [0.5, 0.6) is 0 Å². The van der Waals surface area contributed by atoms with Crippen molar-refractivity contribution >= 4 is 56.6 Å². The fourth-order valence-electron chi connectivity index (χ4n) is 2.91. The number of amides is 1. The Balaban J connectivity index is 1.56. The summed E-state index contributed by atoms with van der Waals surface area (Å²) in [5.74, 6) is -0.0435. The molecule has 7 nitrogen and oxygen atoms in total. The molecule has 1 aromatic carbocycles. The van der Waals surface area contributed by atoms with E-state index in [1.165, 1.54) is 11.3 Å². The summed E-state index contributed by atoms with van der Waals surface area (Å²) >= 11 is 13.6. The number of hydrogen-bond acceptors (Lipinski definition) is 6. The van der Waals surface area contributed by atoms with Gasteiger partial charge in [0.2, 0.25) is 5.95 Å². The maximum atomic E-state index is 12.6. The normalized spacial score (nSPS) is 11.1. The Morgan fingerprint density at radius 2 is 2.10 bits per heavy atom. The topological polar surface area (TPSA) is 98.7 Å². The number of rotatable bonds is 6. The lowest BCUT2D eigenvalue weighted by Gasteiger charge is -2.06. The van der Waals surface area contributed by atoms with Crippen LogP contribution in [0.2, 0.25) is 10.0 Å². The number of hydrogen-bond donors (Lipinski definition) is 2. The van der Waals surface area contributed by atoms with Crippen LogP contribution in [0.25, 0.3) is 21.5 Å². The van der Waals surface area contributed by atoms with Crippen LogP contribution in [0.3, 0.4) is 0 Å². The van der Waals surface area contributed by atoms with Crippen LogP contribution in [-0.2, 0) is 6.54 Å². The van der Waals surface area contributed by atoms with Gasteiger partial charge in [-0.2, -0.15) is 0 Å². The molecule has 29 heavy (non-hydrogen) atoms. The minimum atomic E-state index is -0.162. The van der Waals surface area contributed by atoms with Crippen molar-refractivity contribution in [1.82, 2.24) is 24.8 Å². The molecular weight excluding hydrogens is 431 g/mol. The quantitative estimate of drug-likeness (QED) is 0.431. The van der Waals surface area contributed by atoms with Gasteiger partial charge in [-0.3, -0.25) is 4.79 Å². The SMILES string of the molecule is Nc1nc(-c2ccc(Cl)cc2Cl)c2cc(C(=O)NCCCn3ccnc3)sc2n1. The summed E-state index contributed by atoms with van der Waals surface area (Å²) in [4.78, 5) is 26.3. The first-order chi connectivity index (χ1) is 14.0. The third-order valence-corrected chi connectivity index (χ3v) is 5.83. The van der Waals surface area contributed by atoms with E-state index < -0.39 is 0 Å². The first-order valence-electron chi connectivity index (χ1n) is 8.77. The maximum Gasteiger partial charge on any atom is 0.261 e. The van der Waals surface area contributed by atoms with Crippen LogP contribution in [0, 0.1) is 0 Å². The zero-order valence-electron chi connectivity index (χ0n) is 15.1. The van der Waals surface area contributed by atoms with Gasteiger partial charge in [0.05, 0.1) is 21.9 Å². The fraction of sp³-hybridized carbons (Fsp3) is 0.158. The molecule has 0 saturated carbocycles. The number of nitrogens with two attached hydrogens (primary N) is 1. The van der Waals surface area contributed by atoms with Gasteiger partial charge in [-0.05, 0) is 30.7 Å². The highest BCUT2D eigenvalue weighted by molar-refractivity contribution is 7.20. The van der Waals surface area contributed by atoms with Gasteiger partial charge in [0.15, 0.2) is 0 Å². The molecule has 148 valence electrons. The number of thiophene rings is 1. The van der Waals surface area contributed by atoms with E-state index in [4.69, 9.17) is 28.9 Å². The minimum absolute atomic E-state index is 0.118. The zero-order valence-corrected chi connectivity index (χ0v) is 17.4. The van der Waals surface area contributed by atoms with E-state index in [1.54, 1.807) is 36.8 Å². The van der Waals surface area contributed by atoms with Crippen molar-refractivity contribution in [2.75, 3.05) is 12.3 Å². The molecule has 0 atom stereocenters. The molecule has 0 fully saturated rings. The molecule has 0 aliphatic carbocycles. The molecule has 0 unspecified atom stereocenters. The van der Waals surface area contributed by atoms with Crippen molar-refractivity contribution in [3.63, 3.8) is 0 Å². The van der Waals surface area contributed by atoms with Crippen LogP contribution in [0.1, 0.15) is 16.1 Å². The van der Waals surface area contributed by atoms with Crippen LogP contribution < -0.4 is 11.1 Å². The molecule has 3 heterocycles. The van der Waals surface area contributed by atoms with Gasteiger partial charge in [-0.1, -0.05) is 23.2 Å². The molecule has 0 saturated heterocycles. The number of carbonyl (C=O) groups excluding carboxylic acids is 1. The Morgan fingerprint density at radius 1 is 1.24 bits per heavy atom. The lowest BCUT2D eigenvalue weighted by atomic mass is 10.1. The number of nitrogen functional groups attached to an aromatic ring is 1. The predicted octanol–water partition coefficient (Wildman–Crippen LogP) is 4.26. The lowest BCUT2D eigenvalue weighted by molar-refractivity contribution is 0.0957. The molecular formula is C19H16Cl2N6OS. The predicted molar refractivity (Wildman–Crippen MR) is 116 cm³/mol. The molecule has 0 radical (unpaired) electrons. The second-order valence-corrected chi connectivity index (χ2v) is 8.17. The summed E-state index contributed by atoms with van der Waals surface area (Å²) in [5, 5.41) is 4.63. The molecule has 0 aliphatic heterocycles. The number of nitrogens with one attached hydrogen (secondary N) is 1. The minimum Gasteiger partial charge on any atom is -0.368 e. The number of halogens is 2. The van der Waals surface area contributed by atoms with Crippen molar-refractivity contribution in [3.05, 3.63) is 57.9 Å². The Kier molecular flexibility index (Phi) is 5.66. The summed E-state index contributed by atoms with van der Waals surface area (Å²) in [6.07, 6.45) is 6.17. The van der Waals surface area contributed by atoms with Crippen LogP contribution in [0.15, 0.2) is 43.0 Å². The van der Waals surface area contributed by atoms with E-state index >= 15 is 0 Å². The van der Waals surface area contributed by atoms with Crippen molar-refractivity contribution in [2.24, 2.45) is 0 Å². The summed E-state index contributed by atoms with van der Waals surface area (Å²) in [7, 11) is 0. The number of anilines is 1. The third kappa shape index (κ3) is 4.34. The molecule has 0 spiro atoms. The van der Waals surface area contributed by atoms with Gasteiger partial charge in [0.1, 0.15) is 4.83 Å². The lowest BCUT2D eigenvalue weighted by Crippen LogP contribution is -2.24. The molecule has 4 aromatic rings. The Morgan fingerprint density at radius 3 is 2.86 bits per heavy atom. The summed E-state index contributed by atoms with van der Waals surface area (Å²) in [6.45, 7) is 1.34. The molecule has 3 aromatic heterocycles. The number of imidazole rings is 1. The first kappa shape index (κ1) is 19.6. The van der Waals surface area contributed by atoms with Crippen molar-refractivity contribution in [2.45, 2.75) is 13.0 Å². The summed E-state index contributed by atoms with van der Waals surface area (Å²) < 4.78 is 1.96. The van der Waals surface area contributed by atoms with Gasteiger partial charge < -0.3 is 15.6 Å². The number of aromatic nitrogens is 4. The Hall–Kier alpha value is -2.68. The number of nitrogens with zero attached hydrogens (tertiary/aromatic N) is 4. The van der Waals surface area contributed by atoms with Crippen LogP contribution >= 0.6 is 34.5 Å². The largest absolute Gasteiger partial charge is 0.368 e. The molecule has 0 bridgehead atoms. The van der Waals surface area contributed by atoms with Gasteiger partial charge in [0.25, 0.3) is 5.91 Å². The van der Waals surface area contributed by atoms with E-state index in [0.717, 1.165) is 18.4 Å². The van der Waals surface area contributed by atoms with Gasteiger partial charge in [-0.25, -0.2) is 15.0 Å². The van der Waals surface area contributed by atoms with Gasteiger partial charge in [0, 0.05) is 41.5 Å². The average Bonchev–Trinajstić information content (AvgIpc) is 3.34. The van der Waals surface area contributed by atoms with Crippen molar-refractivity contribution in [3.8, 4) is 11.3 Å². The van der Waals surface area contributed by atoms with E-state index in [9.17, 15) is 4.79 Å². The first-order valence-corrected chi connectivity index (χ1v) is 10.3. The van der Waals surface area contributed by atoms with Crippen molar-refractivity contribution < 1.29 is 4.79 Å². The van der Waals surface area contributed by atoms with Gasteiger partial charge in [-0.15, -0.1) is 11.3 Å². The Labute approximate surface area is 180 Å². The molecule has 10 heteroatoms. The smallest absolute Gasteiger partial charge is 0.261 e. The van der Waals surface area contributed by atoms with Gasteiger partial charge >= 0.3 is 0 Å². The molecule has 1 amide bonds. The van der Waals surface area contributed by atoms with Crippen molar-refractivity contribution in [1.29, 1.82) is 0 Å². The van der Waals surface area contributed by atoms with E-state index in [1.807, 2.05) is 10.8 Å². The highest BCUT2D eigenvalue weighted by atomic mass is 35.5. The number of carbonyl (C=O) groups is 1. The van der Waals surface area contributed by atoms with Crippen LogP contribution in [0.4, 0.5) is 5.95 Å². The van der Waals surface area contributed by atoms with E-state index in [2.05, 4.69) is 20.3 Å². The summed E-state index contributed by atoms with van der Waals surface area (Å²) in [6, 6.07) is 6.92. The third-order valence-electron chi connectivity index (χ3n) is 4.26. The highest BCUT2D eigenvalue weighted by Crippen LogP contribution is 2.36. The second kappa shape index (κ2) is 8.36. The fourth-order valence-corrected chi connectivity index (χ4v) is 4.36. The number of aryl methyl sites for hydroxylation is 1. The second-order valence-electron chi connectivity index (χ2n) is 6.29. The maximum absolute atomic E-state index is 12.6. The number of fused-ring (bicyclic) bond motifs is 1. The average molecular weight is 447 g/mol. The molecule has 3 N–H and O–H groups in total. The molecule has 0 aliphatic rings. The van der Waals surface area contributed by atoms with E-state index in [0.29, 0.717) is 37.6 Å². The standard InChI is InChI=1S/C19H16Cl2N6OS/c20-11-2-3-12(14(21)8-11)16-13-9-15(29-18(13)26-19(22)25-16)17(28)24-4-1-6-27-7-5-23-10-27/h2-3,5,7-10H,1,4,6H2,(H,24,28)(H2,22,25,26).